The second-order valence-electron chi connectivity index (χ2n) is 4.75. The standard InChI is InChI=1S/C16H14ClFN2O3/c1-3-22-16(21)12-8(2)23-15(20)9(7-19)13(12)14-10(17)5-4-6-11(14)18/h4-6,13H,3,20H2,1-2H3. The first-order chi connectivity index (χ1) is 10.9. The van der Waals surface area contributed by atoms with Crippen LogP contribution < -0.4 is 5.73 Å². The van der Waals surface area contributed by atoms with Crippen molar-refractivity contribution in [3.05, 3.63) is 57.4 Å². The predicted molar refractivity (Wildman–Crippen MR) is 81.4 cm³/mol. The van der Waals surface area contributed by atoms with Crippen molar-refractivity contribution in [2.45, 2.75) is 19.8 Å². The SMILES string of the molecule is CCOC(=O)C1=C(C)OC(N)=C(C#N)C1c1c(F)cccc1Cl. The van der Waals surface area contributed by atoms with E-state index < -0.39 is 17.7 Å². The Morgan fingerprint density at radius 3 is 2.83 bits per heavy atom. The summed E-state index contributed by atoms with van der Waals surface area (Å²) >= 11 is 6.10. The van der Waals surface area contributed by atoms with Crippen LogP contribution in [-0.2, 0) is 14.3 Å². The fourth-order valence-electron chi connectivity index (χ4n) is 2.43. The number of rotatable bonds is 3. The van der Waals surface area contributed by atoms with Crippen molar-refractivity contribution >= 4 is 17.6 Å². The summed E-state index contributed by atoms with van der Waals surface area (Å²) in [5.74, 6) is -2.50. The van der Waals surface area contributed by atoms with Gasteiger partial charge in [0.15, 0.2) is 0 Å². The van der Waals surface area contributed by atoms with Gasteiger partial charge in [-0.25, -0.2) is 9.18 Å². The minimum absolute atomic E-state index is 0.00426. The van der Waals surface area contributed by atoms with Crippen LogP contribution in [0.2, 0.25) is 5.02 Å². The minimum Gasteiger partial charge on any atom is -0.463 e. The molecule has 0 spiro atoms. The molecule has 120 valence electrons. The van der Waals surface area contributed by atoms with E-state index in [-0.39, 0.29) is 40.0 Å². The maximum Gasteiger partial charge on any atom is 0.338 e. The van der Waals surface area contributed by atoms with E-state index >= 15 is 0 Å². The molecule has 2 rings (SSSR count). The summed E-state index contributed by atoms with van der Waals surface area (Å²) in [5, 5.41) is 9.46. The Morgan fingerprint density at radius 1 is 1.57 bits per heavy atom. The minimum atomic E-state index is -1.08. The fraction of sp³-hybridized carbons (Fsp3) is 0.250. The lowest BCUT2D eigenvalue weighted by molar-refractivity contribution is -0.139. The lowest BCUT2D eigenvalue weighted by Crippen LogP contribution is -2.26. The first-order valence-corrected chi connectivity index (χ1v) is 7.19. The zero-order valence-corrected chi connectivity index (χ0v) is 13.3. The van der Waals surface area contributed by atoms with Crippen molar-refractivity contribution in [3.63, 3.8) is 0 Å². The summed E-state index contributed by atoms with van der Waals surface area (Å²) in [7, 11) is 0. The van der Waals surface area contributed by atoms with Crippen molar-refractivity contribution in [2.75, 3.05) is 6.61 Å². The van der Waals surface area contributed by atoms with Crippen molar-refractivity contribution in [1.29, 1.82) is 5.26 Å². The smallest absolute Gasteiger partial charge is 0.338 e. The molecule has 0 saturated carbocycles. The highest BCUT2D eigenvalue weighted by Gasteiger charge is 2.38. The topological polar surface area (TPSA) is 85.3 Å². The highest BCUT2D eigenvalue weighted by atomic mass is 35.5. The van der Waals surface area contributed by atoms with Crippen LogP contribution in [0, 0.1) is 17.1 Å². The molecular weight excluding hydrogens is 323 g/mol. The largest absolute Gasteiger partial charge is 0.463 e. The number of ether oxygens (including phenoxy) is 2. The van der Waals surface area contributed by atoms with E-state index in [1.807, 2.05) is 6.07 Å². The van der Waals surface area contributed by atoms with Gasteiger partial charge in [0.25, 0.3) is 0 Å². The molecule has 0 saturated heterocycles. The average molecular weight is 337 g/mol. The van der Waals surface area contributed by atoms with Gasteiger partial charge in [0.1, 0.15) is 23.2 Å². The number of benzene rings is 1. The molecule has 1 aliphatic heterocycles. The van der Waals surface area contributed by atoms with Crippen LogP contribution in [-0.4, -0.2) is 12.6 Å². The molecule has 7 heteroatoms. The lowest BCUT2D eigenvalue weighted by atomic mass is 9.82. The molecular formula is C16H14ClFN2O3. The normalized spacial score (nSPS) is 17.6. The van der Waals surface area contributed by atoms with Gasteiger partial charge in [0.2, 0.25) is 5.88 Å². The first kappa shape index (κ1) is 16.8. The van der Waals surface area contributed by atoms with Crippen LogP contribution in [0.15, 0.2) is 41.0 Å². The van der Waals surface area contributed by atoms with Gasteiger partial charge in [0, 0.05) is 10.6 Å². The van der Waals surface area contributed by atoms with E-state index in [9.17, 15) is 14.4 Å². The Kier molecular flexibility index (Phi) is 4.92. The maximum absolute atomic E-state index is 14.3. The summed E-state index contributed by atoms with van der Waals surface area (Å²) in [4.78, 5) is 12.3. The average Bonchev–Trinajstić information content (AvgIpc) is 2.47. The number of halogens is 2. The second kappa shape index (κ2) is 6.71. The van der Waals surface area contributed by atoms with Crippen LogP contribution in [0.3, 0.4) is 0 Å². The number of carbonyl (C=O) groups excluding carboxylic acids is 1. The number of nitrogens with two attached hydrogens (primary N) is 1. The molecule has 5 nitrogen and oxygen atoms in total. The third-order valence-electron chi connectivity index (χ3n) is 3.39. The first-order valence-electron chi connectivity index (χ1n) is 6.81. The van der Waals surface area contributed by atoms with Gasteiger partial charge in [0.05, 0.1) is 18.1 Å². The van der Waals surface area contributed by atoms with E-state index in [0.29, 0.717) is 0 Å². The molecule has 0 fully saturated rings. The number of hydrogen-bond acceptors (Lipinski definition) is 5. The summed E-state index contributed by atoms with van der Waals surface area (Å²) in [6.07, 6.45) is 0. The Morgan fingerprint density at radius 2 is 2.26 bits per heavy atom. The monoisotopic (exact) mass is 336 g/mol. The summed E-state index contributed by atoms with van der Waals surface area (Å²) < 4.78 is 24.6. The number of hydrogen-bond donors (Lipinski definition) is 1. The molecule has 0 bridgehead atoms. The summed E-state index contributed by atoms with van der Waals surface area (Å²) in [6.45, 7) is 3.25. The quantitative estimate of drug-likeness (QED) is 0.857. The lowest BCUT2D eigenvalue weighted by Gasteiger charge is -2.27. The van der Waals surface area contributed by atoms with Crippen molar-refractivity contribution in [1.82, 2.24) is 0 Å². The van der Waals surface area contributed by atoms with Crippen LogP contribution in [0.25, 0.3) is 0 Å². The number of nitriles is 1. The Balaban J connectivity index is 2.72. The number of carbonyl (C=O) groups is 1. The van der Waals surface area contributed by atoms with E-state index in [1.54, 1.807) is 6.92 Å². The third-order valence-corrected chi connectivity index (χ3v) is 3.72. The van der Waals surface area contributed by atoms with Crippen LogP contribution in [0.1, 0.15) is 25.3 Å². The third kappa shape index (κ3) is 3.01. The zero-order chi connectivity index (χ0) is 17.1. The predicted octanol–water partition coefficient (Wildman–Crippen LogP) is 3.12. The Labute approximate surface area is 137 Å². The Bertz CT molecular complexity index is 745. The second-order valence-corrected chi connectivity index (χ2v) is 5.16. The van der Waals surface area contributed by atoms with Gasteiger partial charge in [-0.1, -0.05) is 17.7 Å². The molecule has 1 aromatic rings. The molecule has 23 heavy (non-hydrogen) atoms. The van der Waals surface area contributed by atoms with Crippen LogP contribution in [0.4, 0.5) is 4.39 Å². The molecule has 1 aromatic carbocycles. The van der Waals surface area contributed by atoms with E-state index in [4.69, 9.17) is 26.8 Å². The molecule has 0 aromatic heterocycles. The number of nitrogens with zero attached hydrogens (tertiary/aromatic N) is 1. The van der Waals surface area contributed by atoms with Gasteiger partial charge in [-0.3, -0.25) is 0 Å². The van der Waals surface area contributed by atoms with Gasteiger partial charge in [-0.15, -0.1) is 0 Å². The maximum atomic E-state index is 14.3. The van der Waals surface area contributed by atoms with Gasteiger partial charge >= 0.3 is 5.97 Å². The van der Waals surface area contributed by atoms with Crippen molar-refractivity contribution < 1.29 is 18.7 Å². The fourth-order valence-corrected chi connectivity index (χ4v) is 2.70. The number of allylic oxidation sites excluding steroid dienone is 2. The summed E-state index contributed by atoms with van der Waals surface area (Å²) in [5.41, 5.74) is 5.63. The highest BCUT2D eigenvalue weighted by molar-refractivity contribution is 6.31. The van der Waals surface area contributed by atoms with Crippen molar-refractivity contribution in [2.24, 2.45) is 5.73 Å². The zero-order valence-electron chi connectivity index (χ0n) is 12.5. The van der Waals surface area contributed by atoms with Crippen LogP contribution >= 0.6 is 11.6 Å². The van der Waals surface area contributed by atoms with Crippen molar-refractivity contribution in [3.8, 4) is 6.07 Å². The molecule has 1 unspecified atom stereocenters. The molecule has 0 radical (unpaired) electrons. The molecule has 1 atom stereocenters. The Hall–Kier alpha value is -2.52. The summed E-state index contributed by atoms with van der Waals surface area (Å²) in [6, 6.07) is 5.96. The molecule has 1 aliphatic rings. The van der Waals surface area contributed by atoms with Gasteiger partial charge < -0.3 is 15.2 Å². The van der Waals surface area contributed by atoms with E-state index in [2.05, 4.69) is 0 Å². The molecule has 0 aliphatic carbocycles. The molecule has 0 amide bonds. The molecule has 1 heterocycles. The van der Waals surface area contributed by atoms with Gasteiger partial charge in [-0.2, -0.15) is 5.26 Å². The molecule has 2 N–H and O–H groups in total. The number of esters is 1. The van der Waals surface area contributed by atoms with E-state index in [1.165, 1.54) is 25.1 Å². The van der Waals surface area contributed by atoms with Gasteiger partial charge in [-0.05, 0) is 26.0 Å². The van der Waals surface area contributed by atoms with Crippen LogP contribution in [0.5, 0.6) is 0 Å². The highest BCUT2D eigenvalue weighted by Crippen LogP contribution is 2.43. The van der Waals surface area contributed by atoms with E-state index in [0.717, 1.165) is 0 Å².